The minimum Gasteiger partial charge on any atom is -0.323 e. The number of benzene rings is 1. The van der Waals surface area contributed by atoms with E-state index in [-0.39, 0.29) is 0 Å². The second-order valence-electron chi connectivity index (χ2n) is 4.99. The molecule has 6 heteroatoms. The summed E-state index contributed by atoms with van der Waals surface area (Å²) in [6, 6.07) is 7.59. The zero-order valence-corrected chi connectivity index (χ0v) is 11.4. The fraction of sp³-hybridized carbons (Fsp3) is 0.214. The highest BCUT2D eigenvalue weighted by Gasteiger charge is 2.25. The molecule has 0 bridgehead atoms. The van der Waals surface area contributed by atoms with Crippen LogP contribution in [0.3, 0.4) is 0 Å². The average molecular weight is 286 g/mol. The van der Waals surface area contributed by atoms with Crippen LogP contribution in [0.15, 0.2) is 30.6 Å². The summed E-state index contributed by atoms with van der Waals surface area (Å²) >= 11 is 6.04. The molecule has 0 amide bonds. The number of hydrogen-bond acceptors (Lipinski definition) is 4. The van der Waals surface area contributed by atoms with Crippen LogP contribution in [0.1, 0.15) is 24.5 Å². The van der Waals surface area contributed by atoms with Crippen molar-refractivity contribution in [1.82, 2.24) is 20.2 Å². The molecule has 4 rings (SSSR count). The van der Waals surface area contributed by atoms with Crippen LogP contribution >= 0.6 is 11.6 Å². The summed E-state index contributed by atoms with van der Waals surface area (Å²) in [6.45, 7) is 0. The lowest BCUT2D eigenvalue weighted by atomic mass is 10.2. The molecule has 1 aromatic carbocycles. The van der Waals surface area contributed by atoms with E-state index in [0.717, 1.165) is 16.7 Å². The second-order valence-corrected chi connectivity index (χ2v) is 5.43. The van der Waals surface area contributed by atoms with Gasteiger partial charge in [-0.15, -0.1) is 0 Å². The van der Waals surface area contributed by atoms with E-state index >= 15 is 0 Å². The zero-order valence-electron chi connectivity index (χ0n) is 10.6. The van der Waals surface area contributed by atoms with Gasteiger partial charge in [-0.25, -0.2) is 9.97 Å². The van der Waals surface area contributed by atoms with Gasteiger partial charge in [0, 0.05) is 28.1 Å². The van der Waals surface area contributed by atoms with Crippen molar-refractivity contribution in [1.29, 1.82) is 0 Å². The van der Waals surface area contributed by atoms with Crippen molar-refractivity contribution in [2.45, 2.75) is 18.8 Å². The van der Waals surface area contributed by atoms with Crippen LogP contribution in [0.25, 0.3) is 10.9 Å². The van der Waals surface area contributed by atoms with Gasteiger partial charge in [0.1, 0.15) is 12.1 Å². The normalized spacial score (nSPS) is 14.7. The summed E-state index contributed by atoms with van der Waals surface area (Å²) < 4.78 is 0. The number of halogens is 1. The van der Waals surface area contributed by atoms with Crippen LogP contribution in [-0.4, -0.2) is 20.2 Å². The topological polar surface area (TPSA) is 66.5 Å². The van der Waals surface area contributed by atoms with E-state index in [4.69, 9.17) is 11.6 Å². The number of rotatable bonds is 3. The first-order valence-corrected chi connectivity index (χ1v) is 6.90. The second kappa shape index (κ2) is 4.45. The number of aromatic amines is 1. The first kappa shape index (κ1) is 11.7. The largest absolute Gasteiger partial charge is 0.323 e. The molecule has 0 saturated heterocycles. The molecule has 0 unspecified atom stereocenters. The van der Waals surface area contributed by atoms with Crippen LogP contribution in [0.4, 0.5) is 11.6 Å². The van der Waals surface area contributed by atoms with Crippen LogP contribution < -0.4 is 5.32 Å². The number of nitrogens with one attached hydrogen (secondary N) is 2. The fourth-order valence-corrected chi connectivity index (χ4v) is 2.43. The smallest absolute Gasteiger partial charge is 0.153 e. The predicted molar refractivity (Wildman–Crippen MR) is 78.4 cm³/mol. The molecule has 1 saturated carbocycles. The summed E-state index contributed by atoms with van der Waals surface area (Å²) in [4.78, 5) is 8.51. The molecule has 2 heterocycles. The first-order chi connectivity index (χ1) is 9.79. The Balaban J connectivity index is 1.71. The van der Waals surface area contributed by atoms with Crippen molar-refractivity contribution in [2.24, 2.45) is 0 Å². The highest BCUT2D eigenvalue weighted by atomic mass is 35.5. The highest BCUT2D eigenvalue weighted by Crippen LogP contribution is 2.39. The van der Waals surface area contributed by atoms with E-state index < -0.39 is 0 Å². The summed E-state index contributed by atoms with van der Waals surface area (Å²) in [5.41, 5.74) is 2.04. The molecule has 100 valence electrons. The molecule has 1 aliphatic carbocycles. The lowest BCUT2D eigenvalue weighted by molar-refractivity contribution is 0.966. The molecule has 2 N–H and O–H groups in total. The molecule has 1 aliphatic rings. The van der Waals surface area contributed by atoms with Crippen LogP contribution in [0.5, 0.6) is 0 Å². The molecular weight excluding hydrogens is 274 g/mol. The van der Waals surface area contributed by atoms with Crippen molar-refractivity contribution in [3.05, 3.63) is 41.3 Å². The summed E-state index contributed by atoms with van der Waals surface area (Å²) in [5.74, 6) is 2.13. The van der Waals surface area contributed by atoms with Gasteiger partial charge in [0.2, 0.25) is 0 Å². The van der Waals surface area contributed by atoms with Crippen LogP contribution in [-0.2, 0) is 0 Å². The zero-order chi connectivity index (χ0) is 13.5. The molecule has 0 spiro atoms. The number of anilines is 2. The summed E-state index contributed by atoms with van der Waals surface area (Å²) in [6.07, 6.45) is 4.02. The summed E-state index contributed by atoms with van der Waals surface area (Å²) in [5, 5.41) is 12.1. The molecule has 0 radical (unpaired) electrons. The van der Waals surface area contributed by atoms with E-state index in [2.05, 4.69) is 25.5 Å². The maximum Gasteiger partial charge on any atom is 0.153 e. The minimum absolute atomic E-state index is 0.648. The molecule has 1 fully saturated rings. The van der Waals surface area contributed by atoms with Crippen molar-refractivity contribution >= 4 is 34.1 Å². The molecule has 20 heavy (non-hydrogen) atoms. The van der Waals surface area contributed by atoms with Crippen molar-refractivity contribution < 1.29 is 0 Å². The van der Waals surface area contributed by atoms with Gasteiger partial charge in [-0.2, -0.15) is 5.10 Å². The van der Waals surface area contributed by atoms with Gasteiger partial charge in [-0.05, 0) is 31.0 Å². The highest BCUT2D eigenvalue weighted by molar-refractivity contribution is 6.31. The Kier molecular flexibility index (Phi) is 2.60. The fourth-order valence-electron chi connectivity index (χ4n) is 2.25. The lowest BCUT2D eigenvalue weighted by Crippen LogP contribution is -1.96. The Labute approximate surface area is 120 Å². The van der Waals surface area contributed by atoms with Gasteiger partial charge in [-0.3, -0.25) is 5.10 Å². The molecule has 5 nitrogen and oxygen atoms in total. The average Bonchev–Trinajstić information content (AvgIpc) is 3.20. The Morgan fingerprint density at radius 2 is 2.10 bits per heavy atom. The van der Waals surface area contributed by atoms with Crippen LogP contribution in [0, 0.1) is 0 Å². The van der Waals surface area contributed by atoms with Gasteiger partial charge >= 0.3 is 0 Å². The molecular formula is C14H12ClN5. The Morgan fingerprint density at radius 3 is 2.95 bits per heavy atom. The third-order valence-electron chi connectivity index (χ3n) is 3.46. The number of fused-ring (bicyclic) bond motifs is 1. The SMILES string of the molecule is Clc1ccc2ncnc(Nc3cc(C4CC4)[nH]n3)c2c1. The number of nitrogens with zero attached hydrogens (tertiary/aromatic N) is 3. The van der Waals surface area contributed by atoms with Gasteiger partial charge in [0.25, 0.3) is 0 Å². The summed E-state index contributed by atoms with van der Waals surface area (Å²) in [7, 11) is 0. The van der Waals surface area contributed by atoms with Gasteiger partial charge in [-0.1, -0.05) is 11.6 Å². The van der Waals surface area contributed by atoms with E-state index in [9.17, 15) is 0 Å². The number of aromatic nitrogens is 4. The molecule has 3 aromatic rings. The van der Waals surface area contributed by atoms with E-state index in [1.807, 2.05) is 24.3 Å². The standard InChI is InChI=1S/C14H12ClN5/c15-9-3-4-11-10(5-9)14(17-7-16-11)18-13-6-12(19-20-13)8-1-2-8/h3-8H,1-2H2,(H2,16,17,18,19,20). The van der Waals surface area contributed by atoms with Gasteiger partial charge in [0.15, 0.2) is 5.82 Å². The van der Waals surface area contributed by atoms with Crippen molar-refractivity contribution in [3.8, 4) is 0 Å². The quantitative estimate of drug-likeness (QED) is 0.771. The number of H-pyrrole nitrogens is 1. The third-order valence-corrected chi connectivity index (χ3v) is 3.69. The third kappa shape index (κ3) is 2.10. The maximum absolute atomic E-state index is 6.04. The minimum atomic E-state index is 0.648. The number of hydrogen-bond donors (Lipinski definition) is 2. The Hall–Kier alpha value is -2.14. The first-order valence-electron chi connectivity index (χ1n) is 6.52. The molecule has 0 atom stereocenters. The Morgan fingerprint density at radius 1 is 1.20 bits per heavy atom. The van der Waals surface area contributed by atoms with Gasteiger partial charge < -0.3 is 5.32 Å². The van der Waals surface area contributed by atoms with Gasteiger partial charge in [0.05, 0.1) is 5.52 Å². The monoisotopic (exact) mass is 285 g/mol. The Bertz CT molecular complexity index is 778. The maximum atomic E-state index is 6.04. The van der Waals surface area contributed by atoms with Crippen LogP contribution in [0.2, 0.25) is 5.02 Å². The predicted octanol–water partition coefficient (Wildman–Crippen LogP) is 3.63. The van der Waals surface area contributed by atoms with E-state index in [0.29, 0.717) is 16.8 Å². The van der Waals surface area contributed by atoms with Crippen molar-refractivity contribution in [3.63, 3.8) is 0 Å². The van der Waals surface area contributed by atoms with Crippen molar-refractivity contribution in [2.75, 3.05) is 5.32 Å². The molecule has 0 aliphatic heterocycles. The van der Waals surface area contributed by atoms with E-state index in [1.54, 1.807) is 0 Å². The van der Waals surface area contributed by atoms with E-state index in [1.165, 1.54) is 24.9 Å². The lowest BCUT2D eigenvalue weighted by Gasteiger charge is -2.05. The molecule has 2 aromatic heterocycles.